The van der Waals surface area contributed by atoms with Gasteiger partial charge in [-0.3, -0.25) is 14.5 Å². The summed E-state index contributed by atoms with van der Waals surface area (Å²) in [6.45, 7) is 1.56. The van der Waals surface area contributed by atoms with Crippen molar-refractivity contribution in [3.63, 3.8) is 0 Å². The molecule has 0 saturated carbocycles. The predicted octanol–water partition coefficient (Wildman–Crippen LogP) is 3.75. The van der Waals surface area contributed by atoms with Gasteiger partial charge in [0.2, 0.25) is 5.91 Å². The number of nitrogens with zero attached hydrogens (tertiary/aromatic N) is 3. The first-order valence-electron chi connectivity index (χ1n) is 9.62. The monoisotopic (exact) mass is 450 g/mol. The normalized spacial score (nSPS) is 10.7. The van der Waals surface area contributed by atoms with E-state index in [1.165, 1.54) is 40.9 Å². The van der Waals surface area contributed by atoms with E-state index in [1.807, 2.05) is 0 Å². The van der Waals surface area contributed by atoms with Crippen LogP contribution in [0.25, 0.3) is 11.8 Å². The lowest BCUT2D eigenvalue weighted by atomic mass is 10.2. The van der Waals surface area contributed by atoms with Crippen LogP contribution >= 0.6 is 11.6 Å². The van der Waals surface area contributed by atoms with E-state index in [-0.39, 0.29) is 23.4 Å². The minimum Gasteiger partial charge on any atom is -0.358 e. The van der Waals surface area contributed by atoms with Crippen LogP contribution in [-0.2, 0) is 9.59 Å². The molecule has 2 aromatic carbocycles. The molecule has 6 nitrogen and oxygen atoms in total. The lowest BCUT2D eigenvalue weighted by Gasteiger charge is -2.20. The number of rotatable bonds is 6. The molecule has 1 heterocycles. The zero-order valence-electron chi connectivity index (χ0n) is 17.5. The van der Waals surface area contributed by atoms with Gasteiger partial charge in [0, 0.05) is 29.9 Å². The summed E-state index contributed by atoms with van der Waals surface area (Å²) in [5.41, 5.74) is 2.76. The van der Waals surface area contributed by atoms with E-state index in [9.17, 15) is 14.0 Å². The van der Waals surface area contributed by atoms with E-state index < -0.39 is 5.91 Å². The summed E-state index contributed by atoms with van der Waals surface area (Å²) in [6, 6.07) is 12.5. The largest absolute Gasteiger partial charge is 0.358 e. The van der Waals surface area contributed by atoms with Crippen LogP contribution in [0.1, 0.15) is 16.8 Å². The minimum atomic E-state index is -0.437. The molecule has 0 aliphatic carbocycles. The van der Waals surface area contributed by atoms with Gasteiger partial charge < -0.3 is 5.32 Å². The van der Waals surface area contributed by atoms with Crippen molar-refractivity contribution in [1.82, 2.24) is 15.1 Å². The highest BCUT2D eigenvalue weighted by atomic mass is 35.5. The van der Waals surface area contributed by atoms with Gasteiger partial charge in [0.25, 0.3) is 5.91 Å². The first-order chi connectivity index (χ1) is 15.3. The van der Waals surface area contributed by atoms with Gasteiger partial charge in [0.05, 0.1) is 11.4 Å². The SMILES string of the molecule is C#Cc1cccc(N(CC(=O)NC)C(=O)/C=C/c2c(C)nn(-c3ccc(F)cc3)c2Cl)c1. The zero-order valence-corrected chi connectivity index (χ0v) is 18.2. The standard InChI is InChI=1S/C24H20ClFN4O2/c1-4-17-6-5-7-20(14-17)29(15-22(31)27-3)23(32)13-12-21-16(2)28-30(24(21)25)19-10-8-18(26)9-11-19/h1,5-14H,15H2,2-3H3,(H,27,31)/b13-12+. The van der Waals surface area contributed by atoms with Gasteiger partial charge in [-0.05, 0) is 55.5 Å². The van der Waals surface area contributed by atoms with Gasteiger partial charge in [0.15, 0.2) is 0 Å². The van der Waals surface area contributed by atoms with E-state index in [0.29, 0.717) is 28.2 Å². The van der Waals surface area contributed by atoms with Crippen LogP contribution < -0.4 is 10.2 Å². The molecule has 32 heavy (non-hydrogen) atoms. The number of hydrogen-bond donors (Lipinski definition) is 1. The van der Waals surface area contributed by atoms with E-state index in [4.69, 9.17) is 18.0 Å². The third-order valence-corrected chi connectivity index (χ3v) is 5.05. The van der Waals surface area contributed by atoms with Crippen molar-refractivity contribution < 1.29 is 14.0 Å². The highest BCUT2D eigenvalue weighted by Crippen LogP contribution is 2.25. The molecule has 0 aliphatic heterocycles. The van der Waals surface area contributed by atoms with Crippen LogP contribution in [0.5, 0.6) is 0 Å². The van der Waals surface area contributed by atoms with Gasteiger partial charge in [-0.2, -0.15) is 5.10 Å². The first-order valence-corrected chi connectivity index (χ1v) is 9.99. The number of aromatic nitrogens is 2. The molecule has 3 aromatic rings. The third-order valence-electron chi connectivity index (χ3n) is 4.68. The molecular weight excluding hydrogens is 431 g/mol. The number of anilines is 1. The molecule has 0 atom stereocenters. The van der Waals surface area contributed by atoms with Crippen molar-refractivity contribution in [1.29, 1.82) is 0 Å². The van der Waals surface area contributed by atoms with Crippen molar-refractivity contribution in [2.75, 3.05) is 18.5 Å². The molecule has 1 N–H and O–H groups in total. The summed E-state index contributed by atoms with van der Waals surface area (Å²) in [5.74, 6) is 1.37. The van der Waals surface area contributed by atoms with Crippen LogP contribution in [0, 0.1) is 25.1 Å². The van der Waals surface area contributed by atoms with Crippen LogP contribution in [0.3, 0.4) is 0 Å². The molecular formula is C24H20ClFN4O2. The van der Waals surface area contributed by atoms with Gasteiger partial charge in [-0.25, -0.2) is 9.07 Å². The molecule has 0 aliphatic rings. The Morgan fingerprint density at radius 2 is 2.00 bits per heavy atom. The summed E-state index contributed by atoms with van der Waals surface area (Å²) in [6.07, 6.45) is 8.31. The average molecular weight is 451 g/mol. The van der Waals surface area contributed by atoms with Crippen LogP contribution in [0.2, 0.25) is 5.15 Å². The quantitative estimate of drug-likeness (QED) is 0.459. The van der Waals surface area contributed by atoms with Crippen molar-refractivity contribution in [2.45, 2.75) is 6.92 Å². The Labute approximate surface area is 190 Å². The topological polar surface area (TPSA) is 67.2 Å². The number of halogens is 2. The summed E-state index contributed by atoms with van der Waals surface area (Å²) in [4.78, 5) is 26.3. The second-order valence-electron chi connectivity index (χ2n) is 6.80. The number of aryl methyl sites for hydroxylation is 1. The van der Waals surface area contributed by atoms with Gasteiger partial charge in [0.1, 0.15) is 17.5 Å². The van der Waals surface area contributed by atoms with E-state index in [1.54, 1.807) is 43.3 Å². The summed E-state index contributed by atoms with van der Waals surface area (Å²) < 4.78 is 14.7. The number of amides is 2. The highest BCUT2D eigenvalue weighted by Gasteiger charge is 2.18. The Morgan fingerprint density at radius 1 is 1.28 bits per heavy atom. The first kappa shape index (κ1) is 22.8. The molecule has 0 saturated heterocycles. The molecule has 2 amide bonds. The summed E-state index contributed by atoms with van der Waals surface area (Å²) >= 11 is 6.47. The lowest BCUT2D eigenvalue weighted by Crippen LogP contribution is -2.39. The van der Waals surface area contributed by atoms with Crippen molar-refractivity contribution in [3.05, 3.63) is 82.4 Å². The number of hydrogen-bond acceptors (Lipinski definition) is 3. The minimum absolute atomic E-state index is 0.185. The zero-order chi connectivity index (χ0) is 23.3. The Balaban J connectivity index is 1.92. The molecule has 1 aromatic heterocycles. The van der Waals surface area contributed by atoms with Crippen molar-refractivity contribution in [2.24, 2.45) is 0 Å². The number of benzene rings is 2. The Kier molecular flexibility index (Phi) is 7.08. The van der Waals surface area contributed by atoms with E-state index >= 15 is 0 Å². The van der Waals surface area contributed by atoms with Gasteiger partial charge in [-0.1, -0.05) is 23.6 Å². The van der Waals surface area contributed by atoms with E-state index in [0.717, 1.165) is 0 Å². The Bertz CT molecular complexity index is 1230. The lowest BCUT2D eigenvalue weighted by molar-refractivity contribution is -0.121. The fraction of sp³-hybridized carbons (Fsp3) is 0.125. The second-order valence-corrected chi connectivity index (χ2v) is 7.16. The molecule has 0 fully saturated rings. The number of nitrogens with one attached hydrogen (secondary N) is 1. The number of likely N-dealkylation sites (N-methyl/N-ethyl adjacent to an activating group) is 1. The van der Waals surface area contributed by atoms with Gasteiger partial charge >= 0.3 is 0 Å². The third kappa shape index (κ3) is 5.05. The number of carbonyl (C=O) groups is 2. The van der Waals surface area contributed by atoms with Crippen LogP contribution in [0.15, 0.2) is 54.6 Å². The summed E-state index contributed by atoms with van der Waals surface area (Å²) in [5, 5.41) is 7.15. The van der Waals surface area contributed by atoms with Gasteiger partial charge in [-0.15, -0.1) is 6.42 Å². The maximum Gasteiger partial charge on any atom is 0.251 e. The fourth-order valence-corrected chi connectivity index (χ4v) is 3.32. The number of carbonyl (C=O) groups excluding carboxylic acids is 2. The number of terminal acetylenes is 1. The average Bonchev–Trinajstić information content (AvgIpc) is 3.09. The van der Waals surface area contributed by atoms with E-state index in [2.05, 4.69) is 16.3 Å². The molecule has 3 rings (SSSR count). The maximum absolute atomic E-state index is 13.2. The molecule has 0 radical (unpaired) electrons. The molecule has 8 heteroatoms. The molecule has 0 unspecified atom stereocenters. The molecule has 0 spiro atoms. The second kappa shape index (κ2) is 9.94. The van der Waals surface area contributed by atoms with Crippen LogP contribution in [-0.4, -0.2) is 35.2 Å². The Morgan fingerprint density at radius 3 is 2.66 bits per heavy atom. The Hall–Kier alpha value is -3.89. The highest BCUT2D eigenvalue weighted by molar-refractivity contribution is 6.31. The fourth-order valence-electron chi connectivity index (χ4n) is 2.98. The summed E-state index contributed by atoms with van der Waals surface area (Å²) in [7, 11) is 1.49. The molecule has 0 bridgehead atoms. The van der Waals surface area contributed by atoms with Crippen molar-refractivity contribution >= 4 is 35.2 Å². The smallest absolute Gasteiger partial charge is 0.251 e. The predicted molar refractivity (Wildman–Crippen MR) is 123 cm³/mol. The maximum atomic E-state index is 13.2. The van der Waals surface area contributed by atoms with Crippen molar-refractivity contribution in [3.8, 4) is 18.0 Å². The van der Waals surface area contributed by atoms with Crippen LogP contribution in [0.4, 0.5) is 10.1 Å². The molecule has 162 valence electrons.